The Morgan fingerprint density at radius 1 is 1.14 bits per heavy atom. The van der Waals surface area contributed by atoms with Gasteiger partial charge in [0.15, 0.2) is 5.82 Å². The molecule has 2 N–H and O–H groups in total. The maximum Gasteiger partial charge on any atom is 0.417 e. The molecule has 0 amide bonds. The second-order valence-electron chi connectivity index (χ2n) is 4.84. The molecule has 0 saturated heterocycles. The minimum Gasteiger partial charge on any atom is -0.368 e. The van der Waals surface area contributed by atoms with E-state index in [1.54, 1.807) is 0 Å². The first-order valence-electron chi connectivity index (χ1n) is 6.23. The molecule has 1 aromatic carbocycles. The third kappa shape index (κ3) is 2.99. The number of nitrogens with two attached hydrogens (primary N) is 1. The summed E-state index contributed by atoms with van der Waals surface area (Å²) in [4.78, 5) is 12.0. The minimum absolute atomic E-state index is 0.0378. The summed E-state index contributed by atoms with van der Waals surface area (Å²) in [6.07, 6.45) is -2.65. The van der Waals surface area contributed by atoms with Gasteiger partial charge in [0.25, 0.3) is 0 Å². The highest BCUT2D eigenvalue weighted by atomic mass is 79.9. The first kappa shape index (κ1) is 14.2. The van der Waals surface area contributed by atoms with E-state index < -0.39 is 11.7 Å². The molecule has 1 aliphatic rings. The van der Waals surface area contributed by atoms with Gasteiger partial charge >= 0.3 is 6.18 Å². The molecule has 0 spiro atoms. The molecule has 0 aliphatic heterocycles. The number of benzene rings is 1. The molecule has 2 aromatic rings. The Kier molecular flexibility index (Phi) is 3.35. The molecule has 0 radical (unpaired) electrons. The van der Waals surface area contributed by atoms with Crippen molar-refractivity contribution < 1.29 is 13.2 Å². The predicted octanol–water partition coefficient (Wildman–Crippen LogP) is 3.78. The summed E-state index contributed by atoms with van der Waals surface area (Å²) in [7, 11) is 0. The van der Waals surface area contributed by atoms with Crippen LogP contribution in [0, 0.1) is 0 Å². The van der Waals surface area contributed by atoms with Gasteiger partial charge in [-0.1, -0.05) is 15.9 Å². The van der Waals surface area contributed by atoms with Crippen LogP contribution in [0.25, 0.3) is 11.4 Å². The van der Waals surface area contributed by atoms with Crippen molar-refractivity contribution in [1.82, 2.24) is 15.0 Å². The first-order valence-corrected chi connectivity index (χ1v) is 7.02. The molecule has 4 nitrogen and oxygen atoms in total. The van der Waals surface area contributed by atoms with E-state index in [-0.39, 0.29) is 23.3 Å². The number of rotatable bonds is 2. The predicted molar refractivity (Wildman–Crippen MR) is 74.4 cm³/mol. The fraction of sp³-hybridized carbons (Fsp3) is 0.308. The topological polar surface area (TPSA) is 64.7 Å². The van der Waals surface area contributed by atoms with Gasteiger partial charge in [0, 0.05) is 16.0 Å². The lowest BCUT2D eigenvalue weighted by molar-refractivity contribution is -0.137. The molecule has 110 valence electrons. The summed E-state index contributed by atoms with van der Waals surface area (Å²) in [5.74, 6) is 0.551. The number of halogens is 4. The summed E-state index contributed by atoms with van der Waals surface area (Å²) < 4.78 is 39.8. The van der Waals surface area contributed by atoms with Crippen LogP contribution in [0.5, 0.6) is 0 Å². The Morgan fingerprint density at radius 2 is 1.86 bits per heavy atom. The number of hydrogen-bond donors (Lipinski definition) is 1. The summed E-state index contributed by atoms with van der Waals surface area (Å²) >= 11 is 3.05. The third-order valence-corrected chi connectivity index (χ3v) is 3.63. The maximum atomic E-state index is 13.2. The zero-order chi connectivity index (χ0) is 15.2. The minimum atomic E-state index is -4.50. The van der Waals surface area contributed by atoms with Gasteiger partial charge in [0.05, 0.1) is 5.56 Å². The first-order chi connectivity index (χ1) is 9.84. The van der Waals surface area contributed by atoms with Gasteiger partial charge in [-0.05, 0) is 31.0 Å². The number of anilines is 1. The van der Waals surface area contributed by atoms with Crippen LogP contribution in [0.3, 0.4) is 0 Å². The van der Waals surface area contributed by atoms with Crippen LogP contribution in [0.4, 0.5) is 19.1 Å². The average molecular weight is 359 g/mol. The van der Waals surface area contributed by atoms with E-state index in [2.05, 4.69) is 30.9 Å². The molecule has 1 aliphatic carbocycles. The smallest absolute Gasteiger partial charge is 0.368 e. The molecule has 0 unspecified atom stereocenters. The lowest BCUT2D eigenvalue weighted by atomic mass is 10.1. The number of nitrogen functional groups attached to an aromatic ring is 1. The van der Waals surface area contributed by atoms with Crippen molar-refractivity contribution in [3.05, 3.63) is 34.1 Å². The normalized spacial score (nSPS) is 15.2. The van der Waals surface area contributed by atoms with Gasteiger partial charge in [0.2, 0.25) is 5.95 Å². The lowest BCUT2D eigenvalue weighted by Gasteiger charge is -2.13. The highest BCUT2D eigenvalue weighted by Gasteiger charge is 2.35. The molecular weight excluding hydrogens is 349 g/mol. The van der Waals surface area contributed by atoms with Crippen LogP contribution in [-0.2, 0) is 6.18 Å². The summed E-state index contributed by atoms with van der Waals surface area (Å²) in [6, 6.07) is 3.85. The molecule has 1 saturated carbocycles. The van der Waals surface area contributed by atoms with Crippen molar-refractivity contribution in [1.29, 1.82) is 0 Å². The highest BCUT2D eigenvalue weighted by Crippen LogP contribution is 2.40. The lowest BCUT2D eigenvalue weighted by Crippen LogP contribution is -2.10. The molecule has 1 heterocycles. The Bertz CT molecular complexity index is 698. The second kappa shape index (κ2) is 4.94. The van der Waals surface area contributed by atoms with E-state index in [4.69, 9.17) is 5.73 Å². The van der Waals surface area contributed by atoms with Crippen molar-refractivity contribution in [2.75, 3.05) is 5.73 Å². The highest BCUT2D eigenvalue weighted by molar-refractivity contribution is 9.10. The molecule has 0 bridgehead atoms. The van der Waals surface area contributed by atoms with Crippen LogP contribution in [0.1, 0.15) is 30.1 Å². The van der Waals surface area contributed by atoms with Crippen molar-refractivity contribution in [2.24, 2.45) is 0 Å². The number of alkyl halides is 3. The monoisotopic (exact) mass is 358 g/mol. The third-order valence-electron chi connectivity index (χ3n) is 3.14. The molecule has 0 atom stereocenters. The number of aromatic nitrogens is 3. The molecular formula is C13H10BrF3N4. The van der Waals surface area contributed by atoms with Crippen molar-refractivity contribution in [2.45, 2.75) is 24.9 Å². The van der Waals surface area contributed by atoms with Gasteiger partial charge in [-0.3, -0.25) is 0 Å². The largest absolute Gasteiger partial charge is 0.417 e. The maximum absolute atomic E-state index is 13.2. The van der Waals surface area contributed by atoms with Crippen LogP contribution < -0.4 is 5.73 Å². The number of hydrogen-bond acceptors (Lipinski definition) is 4. The quantitative estimate of drug-likeness (QED) is 0.887. The Labute approximate surface area is 126 Å². The zero-order valence-electron chi connectivity index (χ0n) is 10.7. The SMILES string of the molecule is Nc1nc(-c2ccc(Br)cc2C(F)(F)F)nc(C2CC2)n1. The number of nitrogens with zero attached hydrogens (tertiary/aromatic N) is 3. The van der Waals surface area contributed by atoms with Crippen molar-refractivity contribution in [3.8, 4) is 11.4 Å². The Balaban J connectivity index is 2.16. The fourth-order valence-corrected chi connectivity index (χ4v) is 2.36. The summed E-state index contributed by atoms with van der Waals surface area (Å²) in [5, 5.41) is 0. The molecule has 21 heavy (non-hydrogen) atoms. The van der Waals surface area contributed by atoms with E-state index in [1.807, 2.05) is 0 Å². The Morgan fingerprint density at radius 3 is 2.48 bits per heavy atom. The molecule has 1 fully saturated rings. The van der Waals surface area contributed by atoms with E-state index in [0.29, 0.717) is 10.3 Å². The molecule has 8 heteroatoms. The summed E-state index contributed by atoms with van der Waals surface area (Å²) in [5.41, 5.74) is 4.70. The van der Waals surface area contributed by atoms with Crippen LogP contribution in [-0.4, -0.2) is 15.0 Å². The fourth-order valence-electron chi connectivity index (χ4n) is 2.00. The zero-order valence-corrected chi connectivity index (χ0v) is 12.2. The van der Waals surface area contributed by atoms with Gasteiger partial charge in [-0.2, -0.15) is 23.1 Å². The van der Waals surface area contributed by atoms with Crippen molar-refractivity contribution >= 4 is 21.9 Å². The van der Waals surface area contributed by atoms with E-state index in [9.17, 15) is 13.2 Å². The van der Waals surface area contributed by atoms with Gasteiger partial charge < -0.3 is 5.73 Å². The Hall–Kier alpha value is -1.70. The van der Waals surface area contributed by atoms with Gasteiger partial charge in [-0.25, -0.2) is 4.98 Å². The molecule has 1 aromatic heterocycles. The second-order valence-corrected chi connectivity index (χ2v) is 5.75. The van der Waals surface area contributed by atoms with Gasteiger partial charge in [0.1, 0.15) is 5.82 Å². The summed E-state index contributed by atoms with van der Waals surface area (Å²) in [6.45, 7) is 0. The van der Waals surface area contributed by atoms with E-state index in [1.165, 1.54) is 12.1 Å². The van der Waals surface area contributed by atoms with Crippen molar-refractivity contribution in [3.63, 3.8) is 0 Å². The van der Waals surface area contributed by atoms with E-state index in [0.717, 1.165) is 18.9 Å². The average Bonchev–Trinajstić information content (AvgIpc) is 3.21. The standard InChI is InChI=1S/C13H10BrF3N4/c14-7-3-4-8(9(5-7)13(15,16)17)11-19-10(6-1-2-6)20-12(18)21-11/h3-6H,1-2H2,(H2,18,19,20,21). The van der Waals surface area contributed by atoms with Crippen LogP contribution in [0.15, 0.2) is 22.7 Å². The van der Waals surface area contributed by atoms with Gasteiger partial charge in [-0.15, -0.1) is 0 Å². The van der Waals surface area contributed by atoms with E-state index >= 15 is 0 Å². The van der Waals surface area contributed by atoms with Crippen LogP contribution >= 0.6 is 15.9 Å². The van der Waals surface area contributed by atoms with Crippen LogP contribution in [0.2, 0.25) is 0 Å². The molecule has 3 rings (SSSR count).